The standard InChI is InChI=1S/C24H26N2O/c1-16-22(20-14-8-9-15-21(20)25(16)2)23-18-12-6-7-13-19(18)24(27)26(23)17-10-4-3-5-11-17/h6-9,12-15,17,23H,3-5,10-11H2,1-2H3. The zero-order valence-electron chi connectivity index (χ0n) is 16.1. The fourth-order valence-corrected chi connectivity index (χ4v) is 5.26. The molecule has 2 heterocycles. The monoisotopic (exact) mass is 358 g/mol. The second-order valence-electron chi connectivity index (χ2n) is 8.07. The van der Waals surface area contributed by atoms with E-state index in [9.17, 15) is 4.79 Å². The molecule has 0 radical (unpaired) electrons. The van der Waals surface area contributed by atoms with Crippen molar-refractivity contribution >= 4 is 16.8 Å². The normalized spacial score (nSPS) is 20.4. The van der Waals surface area contributed by atoms with Gasteiger partial charge in [-0.25, -0.2) is 0 Å². The van der Waals surface area contributed by atoms with Crippen LogP contribution < -0.4 is 0 Å². The van der Waals surface area contributed by atoms with Crippen molar-refractivity contribution in [3.63, 3.8) is 0 Å². The minimum absolute atomic E-state index is 0.0305. The summed E-state index contributed by atoms with van der Waals surface area (Å²) in [5.41, 5.74) is 5.86. The van der Waals surface area contributed by atoms with Gasteiger partial charge in [0.15, 0.2) is 0 Å². The van der Waals surface area contributed by atoms with Crippen LogP contribution in [-0.2, 0) is 7.05 Å². The van der Waals surface area contributed by atoms with Gasteiger partial charge in [-0.2, -0.15) is 0 Å². The molecule has 0 spiro atoms. The van der Waals surface area contributed by atoms with E-state index in [1.54, 1.807) is 0 Å². The third kappa shape index (κ3) is 2.37. The van der Waals surface area contributed by atoms with E-state index in [2.05, 4.69) is 59.8 Å². The highest BCUT2D eigenvalue weighted by atomic mass is 16.2. The Morgan fingerprint density at radius 3 is 2.44 bits per heavy atom. The summed E-state index contributed by atoms with van der Waals surface area (Å²) in [6.07, 6.45) is 6.00. The molecule has 5 rings (SSSR count). The lowest BCUT2D eigenvalue weighted by molar-refractivity contribution is 0.0612. The van der Waals surface area contributed by atoms with E-state index in [1.165, 1.54) is 47.0 Å². The first-order valence-corrected chi connectivity index (χ1v) is 10.1. The van der Waals surface area contributed by atoms with Crippen molar-refractivity contribution in [2.75, 3.05) is 0 Å². The molecule has 1 amide bonds. The van der Waals surface area contributed by atoms with Crippen LogP contribution in [0.1, 0.15) is 65.3 Å². The topological polar surface area (TPSA) is 25.2 Å². The van der Waals surface area contributed by atoms with Crippen molar-refractivity contribution in [1.82, 2.24) is 9.47 Å². The molecule has 1 unspecified atom stereocenters. The van der Waals surface area contributed by atoms with E-state index in [0.717, 1.165) is 18.4 Å². The minimum Gasteiger partial charge on any atom is -0.348 e. The Balaban J connectivity index is 1.75. The summed E-state index contributed by atoms with van der Waals surface area (Å²) in [4.78, 5) is 15.7. The van der Waals surface area contributed by atoms with Crippen molar-refractivity contribution in [1.29, 1.82) is 0 Å². The second-order valence-corrected chi connectivity index (χ2v) is 8.07. The molecule has 1 aliphatic carbocycles. The number of benzene rings is 2. The summed E-state index contributed by atoms with van der Waals surface area (Å²) in [5, 5.41) is 1.27. The molecule has 3 heteroatoms. The average Bonchev–Trinajstić information content (AvgIpc) is 3.14. The van der Waals surface area contributed by atoms with Gasteiger partial charge in [0, 0.05) is 40.8 Å². The highest BCUT2D eigenvalue weighted by Crippen LogP contribution is 2.46. The summed E-state index contributed by atoms with van der Waals surface area (Å²) in [5.74, 6) is 0.217. The largest absolute Gasteiger partial charge is 0.348 e. The van der Waals surface area contributed by atoms with Gasteiger partial charge >= 0.3 is 0 Å². The molecule has 0 N–H and O–H groups in total. The number of fused-ring (bicyclic) bond motifs is 2. The Morgan fingerprint density at radius 1 is 0.926 bits per heavy atom. The predicted molar refractivity (Wildman–Crippen MR) is 109 cm³/mol. The first-order chi connectivity index (χ1) is 13.2. The summed E-state index contributed by atoms with van der Waals surface area (Å²) in [6.45, 7) is 2.19. The van der Waals surface area contributed by atoms with Crippen molar-refractivity contribution in [3.8, 4) is 0 Å². The van der Waals surface area contributed by atoms with Crippen LogP contribution in [0.25, 0.3) is 10.9 Å². The molecule has 138 valence electrons. The Morgan fingerprint density at radius 2 is 1.63 bits per heavy atom. The van der Waals surface area contributed by atoms with Crippen LogP contribution in [0.15, 0.2) is 48.5 Å². The summed E-state index contributed by atoms with van der Waals surface area (Å²) in [7, 11) is 2.13. The van der Waals surface area contributed by atoms with Gasteiger partial charge in [0.05, 0.1) is 6.04 Å². The Kier molecular flexibility index (Phi) is 3.85. The van der Waals surface area contributed by atoms with Crippen molar-refractivity contribution < 1.29 is 4.79 Å². The highest BCUT2D eigenvalue weighted by molar-refractivity contribution is 6.01. The molecule has 2 aliphatic rings. The van der Waals surface area contributed by atoms with Crippen LogP contribution in [0.5, 0.6) is 0 Å². The van der Waals surface area contributed by atoms with Crippen molar-refractivity contribution in [3.05, 3.63) is 70.9 Å². The van der Waals surface area contributed by atoms with Gasteiger partial charge in [-0.3, -0.25) is 4.79 Å². The number of carbonyl (C=O) groups excluding carboxylic acids is 1. The van der Waals surface area contributed by atoms with Gasteiger partial charge in [-0.05, 0) is 37.5 Å². The van der Waals surface area contributed by atoms with Gasteiger partial charge in [0.25, 0.3) is 5.91 Å². The van der Waals surface area contributed by atoms with Crippen LogP contribution in [0.4, 0.5) is 0 Å². The number of hydrogen-bond acceptors (Lipinski definition) is 1. The zero-order chi connectivity index (χ0) is 18.5. The first-order valence-electron chi connectivity index (χ1n) is 10.1. The van der Waals surface area contributed by atoms with E-state index in [0.29, 0.717) is 6.04 Å². The van der Waals surface area contributed by atoms with E-state index in [4.69, 9.17) is 0 Å². The molecule has 0 bridgehead atoms. The first kappa shape index (κ1) is 16.6. The van der Waals surface area contributed by atoms with Crippen LogP contribution >= 0.6 is 0 Å². The van der Waals surface area contributed by atoms with Crippen molar-refractivity contribution in [2.24, 2.45) is 7.05 Å². The van der Waals surface area contributed by atoms with Gasteiger partial charge < -0.3 is 9.47 Å². The molecule has 2 aromatic carbocycles. The van der Waals surface area contributed by atoms with E-state index >= 15 is 0 Å². The molecule has 0 saturated heterocycles. The molecule has 1 saturated carbocycles. The molecule has 3 nitrogen and oxygen atoms in total. The molecule has 1 aromatic heterocycles. The number of carbonyl (C=O) groups is 1. The smallest absolute Gasteiger partial charge is 0.255 e. The molecular formula is C24H26N2O. The number of nitrogens with zero attached hydrogens (tertiary/aromatic N) is 2. The molecule has 1 aliphatic heterocycles. The molecule has 27 heavy (non-hydrogen) atoms. The van der Waals surface area contributed by atoms with E-state index < -0.39 is 0 Å². The maximum absolute atomic E-state index is 13.5. The SMILES string of the molecule is Cc1c(C2c3ccccc3C(=O)N2C2CCCCC2)c2ccccc2n1C. The number of para-hydroxylation sites is 1. The van der Waals surface area contributed by atoms with Gasteiger partial charge in [0.2, 0.25) is 0 Å². The maximum atomic E-state index is 13.5. The van der Waals surface area contributed by atoms with E-state index in [-0.39, 0.29) is 11.9 Å². The minimum atomic E-state index is 0.0305. The average molecular weight is 358 g/mol. The van der Waals surface area contributed by atoms with Crippen LogP contribution in [-0.4, -0.2) is 21.4 Å². The molecule has 1 fully saturated rings. The Hall–Kier alpha value is -2.55. The lowest BCUT2D eigenvalue weighted by Gasteiger charge is -2.36. The van der Waals surface area contributed by atoms with E-state index in [1.807, 2.05) is 12.1 Å². The number of aromatic nitrogens is 1. The van der Waals surface area contributed by atoms with Gasteiger partial charge in [-0.1, -0.05) is 55.7 Å². The predicted octanol–water partition coefficient (Wildman–Crippen LogP) is 5.36. The van der Waals surface area contributed by atoms with Crippen molar-refractivity contribution in [2.45, 2.75) is 51.1 Å². The quantitative estimate of drug-likeness (QED) is 0.605. The molecule has 1 atom stereocenters. The maximum Gasteiger partial charge on any atom is 0.255 e. The second kappa shape index (κ2) is 6.26. The summed E-state index contributed by atoms with van der Waals surface area (Å²) < 4.78 is 2.27. The zero-order valence-corrected chi connectivity index (χ0v) is 16.1. The fourth-order valence-electron chi connectivity index (χ4n) is 5.26. The number of rotatable bonds is 2. The third-order valence-corrected chi connectivity index (χ3v) is 6.69. The van der Waals surface area contributed by atoms with Gasteiger partial charge in [-0.15, -0.1) is 0 Å². The summed E-state index contributed by atoms with van der Waals surface area (Å²) in [6, 6.07) is 17.2. The molecular weight excluding hydrogens is 332 g/mol. The number of amides is 1. The van der Waals surface area contributed by atoms with Gasteiger partial charge in [0.1, 0.15) is 0 Å². The highest BCUT2D eigenvalue weighted by Gasteiger charge is 2.43. The number of aryl methyl sites for hydroxylation is 1. The Bertz CT molecular complexity index is 1030. The number of hydrogen-bond donors (Lipinski definition) is 0. The molecule has 3 aromatic rings. The third-order valence-electron chi connectivity index (χ3n) is 6.69. The lowest BCUT2D eigenvalue weighted by atomic mass is 9.91. The fraction of sp³-hybridized carbons (Fsp3) is 0.375. The van der Waals surface area contributed by atoms with Crippen LogP contribution in [0, 0.1) is 6.92 Å². The van der Waals surface area contributed by atoms with Crippen LogP contribution in [0.3, 0.4) is 0 Å². The van der Waals surface area contributed by atoms with Crippen LogP contribution in [0.2, 0.25) is 0 Å². The Labute approximate surface area is 160 Å². The lowest BCUT2D eigenvalue weighted by Crippen LogP contribution is -2.40. The summed E-state index contributed by atoms with van der Waals surface area (Å²) >= 11 is 0.